The Kier molecular flexibility index (Phi) is 3.22. The van der Waals surface area contributed by atoms with Gasteiger partial charge in [-0.1, -0.05) is 0 Å². The zero-order valence-corrected chi connectivity index (χ0v) is 8.26. The summed E-state index contributed by atoms with van der Waals surface area (Å²) in [6.07, 6.45) is 3.18. The lowest BCUT2D eigenvalue weighted by Crippen LogP contribution is -2.22. The Morgan fingerprint density at radius 2 is 2.42 bits per heavy atom. The lowest BCUT2D eigenvalue weighted by Gasteiger charge is -2.00. The SMILES string of the molecule is CCNC(=O)c1cncc(Br)c1. The molecule has 1 aromatic rings. The molecule has 0 saturated heterocycles. The molecule has 12 heavy (non-hydrogen) atoms. The molecule has 4 heteroatoms. The first-order valence-corrected chi connectivity index (χ1v) is 4.42. The van der Waals surface area contributed by atoms with Crippen molar-refractivity contribution >= 4 is 21.8 Å². The number of hydrogen-bond donors (Lipinski definition) is 1. The molecule has 1 rings (SSSR count). The molecule has 0 spiro atoms. The smallest absolute Gasteiger partial charge is 0.252 e. The van der Waals surface area contributed by atoms with E-state index < -0.39 is 0 Å². The molecule has 3 nitrogen and oxygen atoms in total. The molecule has 0 saturated carbocycles. The van der Waals surface area contributed by atoms with E-state index in [-0.39, 0.29) is 5.91 Å². The van der Waals surface area contributed by atoms with E-state index in [1.807, 2.05) is 6.92 Å². The van der Waals surface area contributed by atoms with Gasteiger partial charge >= 0.3 is 0 Å². The Bertz CT molecular complexity index is 288. The fourth-order valence-corrected chi connectivity index (χ4v) is 1.16. The van der Waals surface area contributed by atoms with Crippen LogP contribution < -0.4 is 5.32 Å². The van der Waals surface area contributed by atoms with Crippen LogP contribution in [0.3, 0.4) is 0 Å². The molecule has 0 bridgehead atoms. The molecule has 0 aliphatic heterocycles. The summed E-state index contributed by atoms with van der Waals surface area (Å²) in [6, 6.07) is 1.73. The fraction of sp³-hybridized carbons (Fsp3) is 0.250. The Hall–Kier alpha value is -0.900. The van der Waals surface area contributed by atoms with Crippen LogP contribution in [0, 0.1) is 0 Å². The first-order chi connectivity index (χ1) is 5.74. The number of carbonyl (C=O) groups excluding carboxylic acids is 1. The van der Waals surface area contributed by atoms with Gasteiger partial charge in [0.1, 0.15) is 0 Å². The van der Waals surface area contributed by atoms with Crippen LogP contribution in [-0.4, -0.2) is 17.4 Å². The van der Waals surface area contributed by atoms with E-state index in [2.05, 4.69) is 26.2 Å². The van der Waals surface area contributed by atoms with Crippen LogP contribution in [0.5, 0.6) is 0 Å². The Balaban J connectivity index is 2.81. The number of amides is 1. The van der Waals surface area contributed by atoms with Gasteiger partial charge in [-0.25, -0.2) is 0 Å². The molecule has 0 atom stereocenters. The molecule has 1 N–H and O–H groups in total. The van der Waals surface area contributed by atoms with Gasteiger partial charge in [-0.3, -0.25) is 9.78 Å². The maximum absolute atomic E-state index is 11.2. The van der Waals surface area contributed by atoms with E-state index >= 15 is 0 Å². The Morgan fingerprint density at radius 3 is 3.00 bits per heavy atom. The van der Waals surface area contributed by atoms with Crippen LogP contribution in [0.4, 0.5) is 0 Å². The van der Waals surface area contributed by atoms with Gasteiger partial charge < -0.3 is 5.32 Å². The standard InChI is InChI=1S/C8H9BrN2O/c1-2-11-8(12)6-3-7(9)5-10-4-6/h3-5H,2H2,1H3,(H,11,12). The number of rotatable bonds is 2. The molecule has 1 heterocycles. The van der Waals surface area contributed by atoms with Crippen molar-refractivity contribution < 1.29 is 4.79 Å². The van der Waals surface area contributed by atoms with E-state index in [4.69, 9.17) is 0 Å². The van der Waals surface area contributed by atoms with Gasteiger partial charge in [0.2, 0.25) is 0 Å². The third-order valence-corrected chi connectivity index (χ3v) is 1.74. The van der Waals surface area contributed by atoms with E-state index in [1.54, 1.807) is 12.3 Å². The quantitative estimate of drug-likeness (QED) is 0.836. The topological polar surface area (TPSA) is 42.0 Å². The molecule has 0 fully saturated rings. The van der Waals surface area contributed by atoms with Gasteiger partial charge in [-0.2, -0.15) is 0 Å². The number of nitrogens with one attached hydrogen (secondary N) is 1. The van der Waals surface area contributed by atoms with Crippen LogP contribution in [0.1, 0.15) is 17.3 Å². The van der Waals surface area contributed by atoms with Crippen LogP contribution in [-0.2, 0) is 0 Å². The number of carbonyl (C=O) groups is 1. The van der Waals surface area contributed by atoms with Crippen molar-refractivity contribution in [2.75, 3.05) is 6.54 Å². The first-order valence-electron chi connectivity index (χ1n) is 3.62. The summed E-state index contributed by atoms with van der Waals surface area (Å²) in [7, 11) is 0. The number of halogens is 1. The van der Waals surface area contributed by atoms with E-state index in [0.29, 0.717) is 12.1 Å². The van der Waals surface area contributed by atoms with Crippen molar-refractivity contribution in [3.8, 4) is 0 Å². The molecule has 64 valence electrons. The normalized spacial score (nSPS) is 9.50. The van der Waals surface area contributed by atoms with Crippen LogP contribution in [0.25, 0.3) is 0 Å². The number of hydrogen-bond acceptors (Lipinski definition) is 2. The van der Waals surface area contributed by atoms with Crippen LogP contribution in [0.2, 0.25) is 0 Å². The predicted octanol–water partition coefficient (Wildman–Crippen LogP) is 1.59. The summed E-state index contributed by atoms with van der Waals surface area (Å²) in [5.74, 6) is -0.0914. The van der Waals surface area contributed by atoms with Gasteiger partial charge in [-0.05, 0) is 28.9 Å². The number of pyridine rings is 1. The highest BCUT2D eigenvalue weighted by atomic mass is 79.9. The van der Waals surface area contributed by atoms with Gasteiger partial charge in [0.25, 0.3) is 5.91 Å². The van der Waals surface area contributed by atoms with Crippen molar-refractivity contribution in [1.82, 2.24) is 10.3 Å². The van der Waals surface area contributed by atoms with Gasteiger partial charge in [0, 0.05) is 23.4 Å². The minimum Gasteiger partial charge on any atom is -0.352 e. The second-order valence-electron chi connectivity index (χ2n) is 2.25. The highest BCUT2D eigenvalue weighted by molar-refractivity contribution is 9.10. The summed E-state index contributed by atoms with van der Waals surface area (Å²) in [6.45, 7) is 2.51. The molecule has 0 aromatic carbocycles. The lowest BCUT2D eigenvalue weighted by molar-refractivity contribution is 0.0955. The van der Waals surface area contributed by atoms with Crippen molar-refractivity contribution in [3.05, 3.63) is 28.5 Å². The van der Waals surface area contributed by atoms with Crippen molar-refractivity contribution in [2.24, 2.45) is 0 Å². The second-order valence-corrected chi connectivity index (χ2v) is 3.17. The summed E-state index contributed by atoms with van der Waals surface area (Å²) in [4.78, 5) is 15.1. The Labute approximate surface area is 79.3 Å². The summed E-state index contributed by atoms with van der Waals surface area (Å²) in [5, 5.41) is 2.69. The highest BCUT2D eigenvalue weighted by Crippen LogP contribution is 2.08. The maximum atomic E-state index is 11.2. The average molecular weight is 229 g/mol. The third-order valence-electron chi connectivity index (χ3n) is 1.30. The van der Waals surface area contributed by atoms with Crippen LogP contribution in [0.15, 0.2) is 22.9 Å². The van der Waals surface area contributed by atoms with Crippen LogP contribution >= 0.6 is 15.9 Å². The largest absolute Gasteiger partial charge is 0.352 e. The zero-order valence-electron chi connectivity index (χ0n) is 6.67. The summed E-state index contributed by atoms with van der Waals surface area (Å²) in [5.41, 5.74) is 0.575. The van der Waals surface area contributed by atoms with Crippen molar-refractivity contribution in [1.29, 1.82) is 0 Å². The molecular formula is C8H9BrN2O. The first kappa shape index (κ1) is 9.19. The van der Waals surface area contributed by atoms with E-state index in [1.165, 1.54) is 6.20 Å². The molecule has 1 amide bonds. The molecule has 0 aliphatic carbocycles. The summed E-state index contributed by atoms with van der Waals surface area (Å²) < 4.78 is 0.811. The molecule has 0 radical (unpaired) electrons. The molecule has 0 unspecified atom stereocenters. The second kappa shape index (κ2) is 4.21. The Morgan fingerprint density at radius 1 is 1.67 bits per heavy atom. The minimum absolute atomic E-state index is 0.0914. The van der Waals surface area contributed by atoms with E-state index in [0.717, 1.165) is 4.47 Å². The van der Waals surface area contributed by atoms with Crippen molar-refractivity contribution in [2.45, 2.75) is 6.92 Å². The zero-order chi connectivity index (χ0) is 8.97. The number of aromatic nitrogens is 1. The molecular weight excluding hydrogens is 220 g/mol. The van der Waals surface area contributed by atoms with E-state index in [9.17, 15) is 4.79 Å². The molecule has 1 aromatic heterocycles. The fourth-order valence-electron chi connectivity index (χ4n) is 0.799. The molecule has 0 aliphatic rings. The third kappa shape index (κ3) is 2.30. The van der Waals surface area contributed by atoms with Gasteiger partial charge in [-0.15, -0.1) is 0 Å². The minimum atomic E-state index is -0.0914. The van der Waals surface area contributed by atoms with Gasteiger partial charge in [0.05, 0.1) is 5.56 Å². The monoisotopic (exact) mass is 228 g/mol. The van der Waals surface area contributed by atoms with Crippen molar-refractivity contribution in [3.63, 3.8) is 0 Å². The average Bonchev–Trinajstić information content (AvgIpc) is 2.05. The number of nitrogens with zero attached hydrogens (tertiary/aromatic N) is 1. The highest BCUT2D eigenvalue weighted by Gasteiger charge is 2.03. The van der Waals surface area contributed by atoms with Gasteiger partial charge in [0.15, 0.2) is 0 Å². The predicted molar refractivity (Wildman–Crippen MR) is 49.9 cm³/mol. The lowest BCUT2D eigenvalue weighted by atomic mass is 10.3. The summed E-state index contributed by atoms with van der Waals surface area (Å²) >= 11 is 3.24. The maximum Gasteiger partial charge on any atom is 0.252 e.